The molecule has 2 aliphatic rings. The third kappa shape index (κ3) is 3.01. The molecule has 2 aromatic rings. The van der Waals surface area contributed by atoms with Crippen molar-refractivity contribution in [1.29, 1.82) is 0 Å². The van der Waals surface area contributed by atoms with E-state index in [1.807, 2.05) is 31.2 Å². The van der Waals surface area contributed by atoms with Crippen LogP contribution in [0.4, 0.5) is 5.13 Å². The predicted molar refractivity (Wildman–Crippen MR) is 105 cm³/mol. The molecule has 3 heterocycles. The molecular formula is C19H22N4O2S. The topological polar surface area (TPSA) is 58.0 Å². The lowest BCUT2D eigenvalue weighted by atomic mass is 10.0. The number of para-hydroxylation sites is 1. The highest BCUT2D eigenvalue weighted by atomic mass is 32.1. The number of carbonyl (C=O) groups excluding carboxylic acids is 1. The number of amides is 1. The van der Waals surface area contributed by atoms with Crippen LogP contribution in [-0.4, -0.2) is 47.8 Å². The summed E-state index contributed by atoms with van der Waals surface area (Å²) in [7, 11) is 0. The monoisotopic (exact) mass is 370 g/mol. The fourth-order valence-electron chi connectivity index (χ4n) is 3.36. The second kappa shape index (κ2) is 7.17. The Morgan fingerprint density at radius 3 is 2.77 bits per heavy atom. The van der Waals surface area contributed by atoms with Crippen molar-refractivity contribution in [1.82, 2.24) is 9.88 Å². The number of aromatic nitrogens is 1. The first-order chi connectivity index (χ1) is 12.7. The Bertz CT molecular complexity index is 863. The molecule has 0 bridgehead atoms. The molecule has 7 heteroatoms. The SMILES string of the molecule is CCCC1=NN(c2nc3ccccc3s2)C(=O)/C1=C(\C)N1CCOCC1. The average molecular weight is 370 g/mol. The Morgan fingerprint density at radius 2 is 2.04 bits per heavy atom. The molecule has 0 aliphatic carbocycles. The van der Waals surface area contributed by atoms with Gasteiger partial charge in [-0.1, -0.05) is 36.8 Å². The molecule has 0 spiro atoms. The number of carbonyl (C=O) groups is 1. The summed E-state index contributed by atoms with van der Waals surface area (Å²) in [4.78, 5) is 20.0. The Morgan fingerprint density at radius 1 is 1.27 bits per heavy atom. The van der Waals surface area contributed by atoms with Crippen molar-refractivity contribution < 1.29 is 9.53 Å². The second-order valence-electron chi connectivity index (χ2n) is 6.44. The smallest absolute Gasteiger partial charge is 0.284 e. The van der Waals surface area contributed by atoms with Gasteiger partial charge in [0, 0.05) is 18.8 Å². The maximum Gasteiger partial charge on any atom is 0.284 e. The van der Waals surface area contributed by atoms with Crippen molar-refractivity contribution in [3.8, 4) is 0 Å². The molecule has 0 radical (unpaired) electrons. The minimum atomic E-state index is -0.0727. The van der Waals surface area contributed by atoms with Crippen molar-refractivity contribution in [3.63, 3.8) is 0 Å². The van der Waals surface area contributed by atoms with E-state index in [9.17, 15) is 4.79 Å². The number of morpholine rings is 1. The molecule has 1 aromatic heterocycles. The van der Waals surface area contributed by atoms with E-state index in [0.29, 0.717) is 18.3 Å². The molecule has 136 valence electrons. The van der Waals surface area contributed by atoms with E-state index in [4.69, 9.17) is 4.74 Å². The summed E-state index contributed by atoms with van der Waals surface area (Å²) >= 11 is 1.50. The zero-order valence-electron chi connectivity index (χ0n) is 15.1. The van der Waals surface area contributed by atoms with Crippen LogP contribution < -0.4 is 5.01 Å². The van der Waals surface area contributed by atoms with Gasteiger partial charge in [0.1, 0.15) is 0 Å². The van der Waals surface area contributed by atoms with Gasteiger partial charge >= 0.3 is 0 Å². The molecule has 1 amide bonds. The van der Waals surface area contributed by atoms with Gasteiger partial charge in [0.2, 0.25) is 5.13 Å². The van der Waals surface area contributed by atoms with E-state index >= 15 is 0 Å². The quantitative estimate of drug-likeness (QED) is 0.774. The van der Waals surface area contributed by atoms with Crippen molar-refractivity contribution in [2.24, 2.45) is 5.10 Å². The Labute approximate surface area is 156 Å². The lowest BCUT2D eigenvalue weighted by molar-refractivity contribution is -0.114. The molecule has 1 aromatic carbocycles. The normalized spacial score (nSPS) is 20.1. The largest absolute Gasteiger partial charge is 0.378 e. The number of fused-ring (bicyclic) bond motifs is 1. The molecule has 1 fully saturated rings. The number of rotatable bonds is 4. The highest BCUT2D eigenvalue weighted by Gasteiger charge is 2.35. The summed E-state index contributed by atoms with van der Waals surface area (Å²) < 4.78 is 6.50. The van der Waals surface area contributed by atoms with Crippen LogP contribution in [0.15, 0.2) is 40.6 Å². The van der Waals surface area contributed by atoms with Gasteiger partial charge < -0.3 is 9.64 Å². The first-order valence-electron chi connectivity index (χ1n) is 9.00. The number of thiazole rings is 1. The number of anilines is 1. The first kappa shape index (κ1) is 17.2. The van der Waals surface area contributed by atoms with Crippen molar-refractivity contribution in [3.05, 3.63) is 35.5 Å². The Kier molecular flexibility index (Phi) is 4.74. The third-order valence-corrected chi connectivity index (χ3v) is 5.73. The summed E-state index contributed by atoms with van der Waals surface area (Å²) in [5.74, 6) is -0.0727. The van der Waals surface area contributed by atoms with E-state index in [-0.39, 0.29) is 5.91 Å². The third-order valence-electron chi connectivity index (χ3n) is 4.71. The number of hydrogen-bond acceptors (Lipinski definition) is 6. The number of benzene rings is 1. The molecule has 26 heavy (non-hydrogen) atoms. The lowest BCUT2D eigenvalue weighted by Crippen LogP contribution is -2.37. The van der Waals surface area contributed by atoms with Crippen LogP contribution in [0.5, 0.6) is 0 Å². The Balaban J connectivity index is 1.72. The summed E-state index contributed by atoms with van der Waals surface area (Å²) in [5.41, 5.74) is 3.48. The Hall–Kier alpha value is -2.25. The molecule has 2 aliphatic heterocycles. The van der Waals surface area contributed by atoms with Crippen LogP contribution in [-0.2, 0) is 9.53 Å². The van der Waals surface area contributed by atoms with Crippen LogP contribution in [0, 0.1) is 0 Å². The minimum absolute atomic E-state index is 0.0727. The average Bonchev–Trinajstić information content (AvgIpc) is 3.23. The molecule has 0 unspecified atom stereocenters. The zero-order chi connectivity index (χ0) is 18.1. The molecule has 0 N–H and O–H groups in total. The molecule has 4 rings (SSSR count). The maximum atomic E-state index is 13.2. The van der Waals surface area contributed by atoms with Gasteiger partial charge in [-0.15, -0.1) is 0 Å². The van der Waals surface area contributed by atoms with Gasteiger partial charge in [-0.05, 0) is 25.5 Å². The van der Waals surface area contributed by atoms with Crippen molar-refractivity contribution >= 4 is 38.3 Å². The second-order valence-corrected chi connectivity index (χ2v) is 7.45. The van der Waals surface area contributed by atoms with Crippen LogP contribution in [0.25, 0.3) is 10.2 Å². The van der Waals surface area contributed by atoms with E-state index in [0.717, 1.165) is 53.1 Å². The number of hydrogen-bond donors (Lipinski definition) is 0. The minimum Gasteiger partial charge on any atom is -0.378 e. The van der Waals surface area contributed by atoms with Gasteiger partial charge in [-0.25, -0.2) is 4.98 Å². The predicted octanol–water partition coefficient (Wildman–Crippen LogP) is 3.41. The molecular weight excluding hydrogens is 348 g/mol. The fourth-order valence-corrected chi connectivity index (χ4v) is 4.27. The zero-order valence-corrected chi connectivity index (χ0v) is 15.9. The van der Waals surface area contributed by atoms with Gasteiger partial charge in [-0.3, -0.25) is 4.79 Å². The first-order valence-corrected chi connectivity index (χ1v) is 9.82. The summed E-state index contributed by atoms with van der Waals surface area (Å²) in [6.07, 6.45) is 1.73. The molecule has 6 nitrogen and oxygen atoms in total. The fraction of sp³-hybridized carbons (Fsp3) is 0.421. The summed E-state index contributed by atoms with van der Waals surface area (Å²) in [5, 5.41) is 6.77. The standard InChI is InChI=1S/C19H22N4O2S/c1-3-6-15-17(13(2)22-9-11-25-12-10-22)18(24)23(21-15)19-20-14-7-4-5-8-16(14)26-19/h4-5,7-8H,3,6,9-12H2,1-2H3/b17-13+. The van der Waals surface area contributed by atoms with E-state index in [2.05, 4.69) is 21.9 Å². The molecule has 1 saturated heterocycles. The summed E-state index contributed by atoms with van der Waals surface area (Å²) in [6.45, 7) is 7.13. The van der Waals surface area contributed by atoms with E-state index in [1.54, 1.807) is 0 Å². The maximum absolute atomic E-state index is 13.2. The van der Waals surface area contributed by atoms with Crippen molar-refractivity contribution in [2.75, 3.05) is 31.3 Å². The van der Waals surface area contributed by atoms with Crippen LogP contribution in [0.3, 0.4) is 0 Å². The van der Waals surface area contributed by atoms with Gasteiger partial charge in [0.25, 0.3) is 5.91 Å². The highest BCUT2D eigenvalue weighted by Crippen LogP contribution is 2.33. The highest BCUT2D eigenvalue weighted by molar-refractivity contribution is 7.22. The number of allylic oxidation sites excluding steroid dienone is 1. The van der Waals surface area contributed by atoms with Crippen LogP contribution >= 0.6 is 11.3 Å². The van der Waals surface area contributed by atoms with E-state index in [1.165, 1.54) is 16.3 Å². The van der Waals surface area contributed by atoms with Gasteiger partial charge in [0.15, 0.2) is 0 Å². The number of nitrogens with zero attached hydrogens (tertiary/aromatic N) is 4. The van der Waals surface area contributed by atoms with Crippen LogP contribution in [0.2, 0.25) is 0 Å². The van der Waals surface area contributed by atoms with Gasteiger partial charge in [0.05, 0.1) is 34.7 Å². The van der Waals surface area contributed by atoms with Crippen molar-refractivity contribution in [2.45, 2.75) is 26.7 Å². The summed E-state index contributed by atoms with van der Waals surface area (Å²) in [6, 6.07) is 7.92. The molecule has 0 saturated carbocycles. The number of hydrazone groups is 1. The van der Waals surface area contributed by atoms with Crippen LogP contribution in [0.1, 0.15) is 26.7 Å². The van der Waals surface area contributed by atoms with Gasteiger partial charge in [-0.2, -0.15) is 10.1 Å². The lowest BCUT2D eigenvalue weighted by Gasteiger charge is -2.30. The van der Waals surface area contributed by atoms with E-state index < -0.39 is 0 Å². The molecule has 0 atom stereocenters. The number of ether oxygens (including phenoxy) is 1.